The van der Waals surface area contributed by atoms with Crippen molar-refractivity contribution in [3.8, 4) is 0 Å². The summed E-state index contributed by atoms with van der Waals surface area (Å²) in [4.78, 5) is 0.217. The number of aryl methyl sites for hydroxylation is 2. The summed E-state index contributed by atoms with van der Waals surface area (Å²) in [5.41, 5.74) is 1.97. The summed E-state index contributed by atoms with van der Waals surface area (Å²) in [6.07, 6.45) is 1.57. The first-order valence-electron chi connectivity index (χ1n) is 6.45. The van der Waals surface area contributed by atoms with Gasteiger partial charge >= 0.3 is 0 Å². The molecule has 20 heavy (non-hydrogen) atoms. The van der Waals surface area contributed by atoms with Crippen LogP contribution in [-0.2, 0) is 10.0 Å². The second-order valence-electron chi connectivity index (χ2n) is 5.07. The Hall–Kier alpha value is -1.82. The van der Waals surface area contributed by atoms with Gasteiger partial charge in [-0.25, -0.2) is 8.42 Å². The van der Waals surface area contributed by atoms with E-state index >= 15 is 0 Å². The van der Waals surface area contributed by atoms with Crippen molar-refractivity contribution in [2.24, 2.45) is 0 Å². The molecule has 0 aliphatic heterocycles. The van der Waals surface area contributed by atoms with Crippen molar-refractivity contribution in [1.29, 1.82) is 0 Å². The highest BCUT2D eigenvalue weighted by Gasteiger charge is 2.21. The molecular formula is C14H19N3O2S. The van der Waals surface area contributed by atoms with E-state index in [2.05, 4.69) is 9.82 Å². The van der Waals surface area contributed by atoms with Crippen LogP contribution in [-0.4, -0.2) is 18.2 Å². The third-order valence-corrected chi connectivity index (χ3v) is 4.55. The first-order valence-corrected chi connectivity index (χ1v) is 7.94. The minimum Gasteiger partial charge on any atom is -0.279 e. The molecular weight excluding hydrogens is 274 g/mol. The smallest absolute Gasteiger partial charge is 0.265 e. The maximum absolute atomic E-state index is 12.4. The number of anilines is 1. The largest absolute Gasteiger partial charge is 0.279 e. The monoisotopic (exact) mass is 293 g/mol. The molecule has 0 aliphatic rings. The lowest BCUT2D eigenvalue weighted by atomic mass is 10.2. The molecule has 1 aromatic heterocycles. The zero-order valence-corrected chi connectivity index (χ0v) is 12.9. The molecule has 2 rings (SSSR count). The maximum atomic E-state index is 12.4. The van der Waals surface area contributed by atoms with E-state index in [1.54, 1.807) is 29.9 Å². The van der Waals surface area contributed by atoms with Crippen LogP contribution in [0, 0.1) is 13.8 Å². The van der Waals surface area contributed by atoms with Gasteiger partial charge in [-0.05, 0) is 39.3 Å². The van der Waals surface area contributed by atoms with Gasteiger partial charge < -0.3 is 0 Å². The van der Waals surface area contributed by atoms with Crippen LogP contribution in [0.15, 0.2) is 35.4 Å². The Morgan fingerprint density at radius 1 is 1.20 bits per heavy atom. The van der Waals surface area contributed by atoms with E-state index in [0.29, 0.717) is 11.4 Å². The molecule has 2 aromatic rings. The van der Waals surface area contributed by atoms with Crippen LogP contribution in [0.5, 0.6) is 0 Å². The summed E-state index contributed by atoms with van der Waals surface area (Å²) >= 11 is 0. The molecule has 6 heteroatoms. The van der Waals surface area contributed by atoms with Crippen LogP contribution < -0.4 is 4.72 Å². The Kier molecular flexibility index (Phi) is 3.85. The van der Waals surface area contributed by atoms with Gasteiger partial charge in [0.1, 0.15) is 4.90 Å². The lowest BCUT2D eigenvalue weighted by Gasteiger charge is -2.09. The predicted molar refractivity (Wildman–Crippen MR) is 79.3 cm³/mol. The average Bonchev–Trinajstić information content (AvgIpc) is 2.75. The molecule has 0 unspecified atom stereocenters. The number of rotatable bonds is 4. The van der Waals surface area contributed by atoms with Crippen LogP contribution in [0.1, 0.15) is 31.1 Å². The number of benzene rings is 1. The third-order valence-electron chi connectivity index (χ3n) is 3.08. The fourth-order valence-corrected chi connectivity index (χ4v) is 3.19. The number of aromatic nitrogens is 2. The topological polar surface area (TPSA) is 64.0 Å². The zero-order chi connectivity index (χ0) is 14.9. The standard InChI is InChI=1S/C14H19N3O2S/c1-10(2)17-9-14(12(4)15-17)20(18,19)16-13-8-6-5-7-11(13)3/h5-10,16H,1-4H3. The highest BCUT2D eigenvalue weighted by molar-refractivity contribution is 7.92. The Balaban J connectivity index is 2.39. The summed E-state index contributed by atoms with van der Waals surface area (Å²) in [7, 11) is -3.61. The highest BCUT2D eigenvalue weighted by Crippen LogP contribution is 2.22. The molecule has 1 N–H and O–H groups in total. The molecule has 108 valence electrons. The van der Waals surface area contributed by atoms with Crippen LogP contribution in [0.25, 0.3) is 0 Å². The number of hydrogen-bond donors (Lipinski definition) is 1. The van der Waals surface area contributed by atoms with E-state index < -0.39 is 10.0 Å². The van der Waals surface area contributed by atoms with Crippen LogP contribution >= 0.6 is 0 Å². The molecule has 0 bridgehead atoms. The van der Waals surface area contributed by atoms with E-state index in [0.717, 1.165) is 5.56 Å². The van der Waals surface area contributed by atoms with E-state index in [4.69, 9.17) is 0 Å². The summed E-state index contributed by atoms with van der Waals surface area (Å²) in [5, 5.41) is 4.24. The third kappa shape index (κ3) is 2.85. The number of para-hydroxylation sites is 1. The lowest BCUT2D eigenvalue weighted by Crippen LogP contribution is -2.14. The lowest BCUT2D eigenvalue weighted by molar-refractivity contribution is 0.528. The van der Waals surface area contributed by atoms with Crippen LogP contribution in [0.4, 0.5) is 5.69 Å². The fraction of sp³-hybridized carbons (Fsp3) is 0.357. The van der Waals surface area contributed by atoms with Crippen molar-refractivity contribution in [2.45, 2.75) is 38.6 Å². The Labute approximate surface area is 119 Å². The number of nitrogens with one attached hydrogen (secondary N) is 1. The van der Waals surface area contributed by atoms with E-state index in [9.17, 15) is 8.42 Å². The molecule has 0 fully saturated rings. The van der Waals surface area contributed by atoms with Gasteiger partial charge in [0.15, 0.2) is 0 Å². The van der Waals surface area contributed by atoms with Crippen molar-refractivity contribution in [2.75, 3.05) is 4.72 Å². The first-order chi connectivity index (χ1) is 9.31. The molecule has 0 atom stereocenters. The predicted octanol–water partition coefficient (Wildman–Crippen LogP) is 2.88. The number of sulfonamides is 1. The van der Waals surface area contributed by atoms with Crippen molar-refractivity contribution in [3.63, 3.8) is 0 Å². The second kappa shape index (κ2) is 5.28. The summed E-state index contributed by atoms with van der Waals surface area (Å²) < 4.78 is 29.2. The Bertz CT molecular complexity index is 718. The van der Waals surface area contributed by atoms with Gasteiger partial charge in [-0.2, -0.15) is 5.10 Å². The normalized spacial score (nSPS) is 11.8. The molecule has 0 saturated carbocycles. The zero-order valence-electron chi connectivity index (χ0n) is 12.1. The second-order valence-corrected chi connectivity index (χ2v) is 6.72. The fourth-order valence-electron chi connectivity index (χ4n) is 1.88. The molecule has 0 saturated heterocycles. The van der Waals surface area contributed by atoms with Crippen LogP contribution in [0.3, 0.4) is 0 Å². The minimum atomic E-state index is -3.61. The molecule has 0 amide bonds. The van der Waals surface area contributed by atoms with Gasteiger partial charge in [0.2, 0.25) is 0 Å². The first kappa shape index (κ1) is 14.6. The molecule has 0 radical (unpaired) electrons. The molecule has 1 heterocycles. The van der Waals surface area contributed by atoms with Crippen molar-refractivity contribution < 1.29 is 8.42 Å². The van der Waals surface area contributed by atoms with Gasteiger partial charge in [0, 0.05) is 12.2 Å². The van der Waals surface area contributed by atoms with Crippen molar-refractivity contribution in [1.82, 2.24) is 9.78 Å². The summed E-state index contributed by atoms with van der Waals surface area (Å²) in [6.45, 7) is 7.47. The van der Waals surface area contributed by atoms with Gasteiger partial charge in [0.05, 0.1) is 11.4 Å². The summed E-state index contributed by atoms with van der Waals surface area (Å²) in [6, 6.07) is 7.40. The highest BCUT2D eigenvalue weighted by atomic mass is 32.2. The maximum Gasteiger partial charge on any atom is 0.265 e. The number of nitrogens with zero attached hydrogens (tertiary/aromatic N) is 2. The Morgan fingerprint density at radius 2 is 1.85 bits per heavy atom. The Morgan fingerprint density at radius 3 is 2.40 bits per heavy atom. The van der Waals surface area contributed by atoms with Gasteiger partial charge in [-0.15, -0.1) is 0 Å². The van der Waals surface area contributed by atoms with Gasteiger partial charge in [-0.1, -0.05) is 18.2 Å². The van der Waals surface area contributed by atoms with E-state index in [-0.39, 0.29) is 10.9 Å². The minimum absolute atomic E-state index is 0.121. The molecule has 0 aliphatic carbocycles. The molecule has 5 nitrogen and oxygen atoms in total. The molecule has 1 aromatic carbocycles. The van der Waals surface area contributed by atoms with E-state index in [1.165, 1.54) is 0 Å². The van der Waals surface area contributed by atoms with Crippen molar-refractivity contribution >= 4 is 15.7 Å². The van der Waals surface area contributed by atoms with Crippen LogP contribution in [0.2, 0.25) is 0 Å². The average molecular weight is 293 g/mol. The van der Waals surface area contributed by atoms with Crippen molar-refractivity contribution in [3.05, 3.63) is 41.7 Å². The van der Waals surface area contributed by atoms with Gasteiger partial charge in [0.25, 0.3) is 10.0 Å². The quantitative estimate of drug-likeness (QED) is 0.942. The van der Waals surface area contributed by atoms with E-state index in [1.807, 2.05) is 32.9 Å². The SMILES string of the molecule is Cc1ccccc1NS(=O)(=O)c1cn(C(C)C)nc1C. The molecule has 0 spiro atoms. The number of hydrogen-bond acceptors (Lipinski definition) is 3. The summed E-state index contributed by atoms with van der Waals surface area (Å²) in [5.74, 6) is 0. The van der Waals surface area contributed by atoms with Gasteiger partial charge in [-0.3, -0.25) is 9.40 Å².